The molecule has 1 saturated heterocycles. The summed E-state index contributed by atoms with van der Waals surface area (Å²) in [6, 6.07) is 1.23. The summed E-state index contributed by atoms with van der Waals surface area (Å²) in [7, 11) is 0. The maximum absolute atomic E-state index is 11.7. The van der Waals surface area contributed by atoms with E-state index in [4.69, 9.17) is 0 Å². The molecule has 0 aromatic carbocycles. The van der Waals surface area contributed by atoms with Crippen LogP contribution in [0.1, 0.15) is 34.1 Å². The Morgan fingerprint density at radius 1 is 1.41 bits per heavy atom. The minimum atomic E-state index is 0. The number of nitrogens with zero attached hydrogens (tertiary/aromatic N) is 1. The van der Waals surface area contributed by atoms with E-state index < -0.39 is 0 Å². The van der Waals surface area contributed by atoms with Gasteiger partial charge in [-0.15, -0.1) is 12.4 Å². The van der Waals surface area contributed by atoms with Gasteiger partial charge in [0.1, 0.15) is 0 Å². The third kappa shape index (κ3) is 6.24. The summed E-state index contributed by atoms with van der Waals surface area (Å²) in [5.74, 6) is 0.149. The smallest absolute Gasteiger partial charge is 0.234 e. The van der Waals surface area contributed by atoms with E-state index in [1.165, 1.54) is 0 Å². The van der Waals surface area contributed by atoms with Crippen molar-refractivity contribution in [1.29, 1.82) is 0 Å². The highest BCUT2D eigenvalue weighted by Crippen LogP contribution is 2.03. The van der Waals surface area contributed by atoms with Crippen LogP contribution < -0.4 is 10.6 Å². The molecule has 2 N–H and O–H groups in total. The molecule has 0 spiro atoms. The minimum Gasteiger partial charge on any atom is -0.353 e. The molecule has 1 aliphatic heterocycles. The van der Waals surface area contributed by atoms with E-state index >= 15 is 0 Å². The molecular formula is C12H26ClN3O. The van der Waals surface area contributed by atoms with Crippen LogP contribution in [0.15, 0.2) is 0 Å². The zero-order valence-corrected chi connectivity index (χ0v) is 12.1. The fourth-order valence-corrected chi connectivity index (χ4v) is 2.19. The maximum Gasteiger partial charge on any atom is 0.234 e. The molecule has 0 aromatic heterocycles. The Hall–Kier alpha value is -0.320. The van der Waals surface area contributed by atoms with Crippen molar-refractivity contribution >= 4 is 18.3 Å². The molecule has 1 amide bonds. The number of rotatable bonds is 4. The SMILES string of the molecule is CCC(C)NC(=O)CN1CC(C)NC(C)C1.Cl. The Labute approximate surface area is 111 Å². The van der Waals surface area contributed by atoms with Crippen molar-refractivity contribution in [2.45, 2.75) is 52.2 Å². The van der Waals surface area contributed by atoms with E-state index in [-0.39, 0.29) is 24.4 Å². The first-order chi connectivity index (χ1) is 7.51. The number of piperazine rings is 1. The number of nitrogens with one attached hydrogen (secondary N) is 2. The molecule has 3 unspecified atom stereocenters. The molecule has 0 aromatic rings. The molecule has 0 radical (unpaired) electrons. The average molecular weight is 264 g/mol. The Morgan fingerprint density at radius 2 is 1.94 bits per heavy atom. The third-order valence-electron chi connectivity index (χ3n) is 3.02. The van der Waals surface area contributed by atoms with E-state index in [0.29, 0.717) is 18.6 Å². The third-order valence-corrected chi connectivity index (χ3v) is 3.02. The molecule has 17 heavy (non-hydrogen) atoms. The number of carbonyl (C=O) groups is 1. The van der Waals surface area contributed by atoms with Gasteiger partial charge in [-0.3, -0.25) is 9.69 Å². The molecule has 3 atom stereocenters. The largest absolute Gasteiger partial charge is 0.353 e. The van der Waals surface area contributed by atoms with Crippen LogP contribution in [0, 0.1) is 0 Å². The Kier molecular flexibility index (Phi) is 7.75. The van der Waals surface area contributed by atoms with Crippen molar-refractivity contribution in [2.24, 2.45) is 0 Å². The van der Waals surface area contributed by atoms with Gasteiger partial charge in [0, 0.05) is 31.2 Å². The van der Waals surface area contributed by atoms with E-state index in [2.05, 4.69) is 36.3 Å². The van der Waals surface area contributed by atoms with E-state index in [9.17, 15) is 4.79 Å². The Balaban J connectivity index is 0.00000256. The lowest BCUT2D eigenvalue weighted by atomic mass is 10.1. The van der Waals surface area contributed by atoms with Crippen molar-refractivity contribution in [3.05, 3.63) is 0 Å². The monoisotopic (exact) mass is 263 g/mol. The van der Waals surface area contributed by atoms with Gasteiger partial charge in [0.2, 0.25) is 5.91 Å². The van der Waals surface area contributed by atoms with Crippen molar-refractivity contribution in [2.75, 3.05) is 19.6 Å². The summed E-state index contributed by atoms with van der Waals surface area (Å²) in [6.45, 7) is 10.9. The molecule has 1 aliphatic rings. The molecule has 4 nitrogen and oxygen atoms in total. The number of amides is 1. The first-order valence-corrected chi connectivity index (χ1v) is 6.29. The van der Waals surface area contributed by atoms with E-state index in [0.717, 1.165) is 19.5 Å². The van der Waals surface area contributed by atoms with Crippen LogP contribution in [-0.2, 0) is 4.79 Å². The van der Waals surface area contributed by atoms with Crippen molar-refractivity contribution < 1.29 is 4.79 Å². The van der Waals surface area contributed by atoms with Gasteiger partial charge in [0.25, 0.3) is 0 Å². The van der Waals surface area contributed by atoms with Crippen molar-refractivity contribution in [3.8, 4) is 0 Å². The molecule has 0 saturated carbocycles. The van der Waals surface area contributed by atoms with Gasteiger partial charge >= 0.3 is 0 Å². The average Bonchev–Trinajstić information content (AvgIpc) is 2.15. The zero-order chi connectivity index (χ0) is 12.1. The first-order valence-electron chi connectivity index (χ1n) is 6.29. The van der Waals surface area contributed by atoms with Crippen LogP contribution in [0.5, 0.6) is 0 Å². The standard InChI is InChI=1S/C12H25N3O.ClH/c1-5-9(2)14-12(16)8-15-6-10(3)13-11(4)7-15;/h9-11,13H,5-8H2,1-4H3,(H,14,16);1H. The van der Waals surface area contributed by atoms with Crippen LogP contribution in [0.2, 0.25) is 0 Å². The molecular weight excluding hydrogens is 238 g/mol. The van der Waals surface area contributed by atoms with E-state index in [1.807, 2.05) is 6.92 Å². The lowest BCUT2D eigenvalue weighted by molar-refractivity contribution is -0.123. The second-order valence-corrected chi connectivity index (χ2v) is 5.04. The highest BCUT2D eigenvalue weighted by molar-refractivity contribution is 5.85. The van der Waals surface area contributed by atoms with Crippen LogP contribution >= 0.6 is 12.4 Å². The summed E-state index contributed by atoms with van der Waals surface area (Å²) >= 11 is 0. The van der Waals surface area contributed by atoms with Crippen molar-refractivity contribution in [1.82, 2.24) is 15.5 Å². The normalized spacial score (nSPS) is 27.1. The van der Waals surface area contributed by atoms with Crippen LogP contribution in [0.3, 0.4) is 0 Å². The quantitative estimate of drug-likeness (QED) is 0.796. The lowest BCUT2D eigenvalue weighted by Crippen LogP contribution is -2.56. The predicted molar refractivity (Wildman–Crippen MR) is 73.6 cm³/mol. The molecule has 1 rings (SSSR count). The molecule has 0 aliphatic carbocycles. The molecule has 102 valence electrons. The van der Waals surface area contributed by atoms with Gasteiger partial charge in [0.05, 0.1) is 6.54 Å². The fourth-order valence-electron chi connectivity index (χ4n) is 2.19. The zero-order valence-electron chi connectivity index (χ0n) is 11.3. The summed E-state index contributed by atoms with van der Waals surface area (Å²) in [4.78, 5) is 13.9. The van der Waals surface area contributed by atoms with Gasteiger partial charge in [-0.2, -0.15) is 0 Å². The molecule has 0 bridgehead atoms. The molecule has 1 heterocycles. The fraction of sp³-hybridized carbons (Fsp3) is 0.917. The summed E-state index contributed by atoms with van der Waals surface area (Å²) in [6.07, 6.45) is 0.986. The van der Waals surface area contributed by atoms with Gasteiger partial charge in [-0.05, 0) is 27.2 Å². The van der Waals surface area contributed by atoms with Crippen LogP contribution in [0.4, 0.5) is 0 Å². The highest BCUT2D eigenvalue weighted by atomic mass is 35.5. The predicted octanol–water partition coefficient (Wildman–Crippen LogP) is 1.01. The lowest BCUT2D eigenvalue weighted by Gasteiger charge is -2.35. The summed E-state index contributed by atoms with van der Waals surface area (Å²) in [5.41, 5.74) is 0. The number of hydrogen-bond acceptors (Lipinski definition) is 3. The van der Waals surface area contributed by atoms with Crippen molar-refractivity contribution in [3.63, 3.8) is 0 Å². The van der Waals surface area contributed by atoms with E-state index in [1.54, 1.807) is 0 Å². The van der Waals surface area contributed by atoms with Gasteiger partial charge in [0.15, 0.2) is 0 Å². The summed E-state index contributed by atoms with van der Waals surface area (Å²) < 4.78 is 0. The molecule has 5 heteroatoms. The Bertz CT molecular complexity index is 228. The number of halogens is 1. The van der Waals surface area contributed by atoms with Gasteiger partial charge in [-0.1, -0.05) is 6.92 Å². The highest BCUT2D eigenvalue weighted by Gasteiger charge is 2.22. The van der Waals surface area contributed by atoms with Gasteiger partial charge < -0.3 is 10.6 Å². The number of hydrogen-bond donors (Lipinski definition) is 2. The van der Waals surface area contributed by atoms with Gasteiger partial charge in [-0.25, -0.2) is 0 Å². The van der Waals surface area contributed by atoms with Crippen LogP contribution in [-0.4, -0.2) is 48.6 Å². The first kappa shape index (κ1) is 16.7. The maximum atomic E-state index is 11.7. The molecule has 1 fully saturated rings. The van der Waals surface area contributed by atoms with Crippen LogP contribution in [0.25, 0.3) is 0 Å². The number of carbonyl (C=O) groups excluding carboxylic acids is 1. The second-order valence-electron chi connectivity index (χ2n) is 5.04. The second kappa shape index (κ2) is 7.90. The Morgan fingerprint density at radius 3 is 2.41 bits per heavy atom. The minimum absolute atomic E-state index is 0. The topological polar surface area (TPSA) is 44.4 Å². The summed E-state index contributed by atoms with van der Waals surface area (Å²) in [5, 5.41) is 6.47.